The summed E-state index contributed by atoms with van der Waals surface area (Å²) in [5.74, 6) is 0.966. The standard InChI is InChI=1S/C15H13BrN2O2/c1-9-6-14(17-7-12(9)16)18-15(19)11-8-20-13-5-3-2-4-10(11)13/h2-7,11H,8H2,1H3,(H,17,18,19). The predicted molar refractivity (Wildman–Crippen MR) is 80.0 cm³/mol. The van der Waals surface area contributed by atoms with Gasteiger partial charge in [0.15, 0.2) is 0 Å². The van der Waals surface area contributed by atoms with Gasteiger partial charge in [0.1, 0.15) is 24.1 Å². The Labute approximate surface area is 125 Å². The van der Waals surface area contributed by atoms with Gasteiger partial charge in [-0.05, 0) is 40.5 Å². The van der Waals surface area contributed by atoms with Gasteiger partial charge in [-0.3, -0.25) is 4.79 Å². The minimum Gasteiger partial charge on any atom is -0.492 e. The van der Waals surface area contributed by atoms with Crippen LogP contribution in [0.25, 0.3) is 0 Å². The van der Waals surface area contributed by atoms with Crippen molar-refractivity contribution in [3.8, 4) is 5.75 Å². The third-order valence-corrected chi connectivity index (χ3v) is 4.14. The lowest BCUT2D eigenvalue weighted by atomic mass is 10.0. The van der Waals surface area contributed by atoms with Gasteiger partial charge in [-0.1, -0.05) is 18.2 Å². The van der Waals surface area contributed by atoms with E-state index in [2.05, 4.69) is 26.2 Å². The fraction of sp³-hybridized carbons (Fsp3) is 0.200. The van der Waals surface area contributed by atoms with E-state index in [4.69, 9.17) is 4.74 Å². The Kier molecular flexibility index (Phi) is 3.44. The number of halogens is 1. The Morgan fingerprint density at radius 3 is 3.05 bits per heavy atom. The van der Waals surface area contributed by atoms with Crippen LogP contribution >= 0.6 is 15.9 Å². The molecule has 0 fully saturated rings. The molecule has 0 saturated carbocycles. The lowest BCUT2D eigenvalue weighted by Gasteiger charge is -2.10. The summed E-state index contributed by atoms with van der Waals surface area (Å²) in [7, 11) is 0. The van der Waals surface area contributed by atoms with Crippen LogP contribution in [0.3, 0.4) is 0 Å². The highest BCUT2D eigenvalue weighted by molar-refractivity contribution is 9.10. The molecule has 1 aliphatic rings. The van der Waals surface area contributed by atoms with Crippen molar-refractivity contribution >= 4 is 27.7 Å². The van der Waals surface area contributed by atoms with Crippen LogP contribution in [-0.2, 0) is 4.79 Å². The van der Waals surface area contributed by atoms with Crippen LogP contribution in [0, 0.1) is 6.92 Å². The Bertz CT molecular complexity index is 673. The normalized spacial score (nSPS) is 16.4. The summed E-state index contributed by atoms with van der Waals surface area (Å²) in [5, 5.41) is 2.84. The number of carbonyl (C=O) groups is 1. The van der Waals surface area contributed by atoms with Crippen LogP contribution in [0.2, 0.25) is 0 Å². The first-order valence-electron chi connectivity index (χ1n) is 6.30. The maximum Gasteiger partial charge on any atom is 0.236 e. The predicted octanol–water partition coefficient (Wildman–Crippen LogP) is 3.27. The van der Waals surface area contributed by atoms with E-state index in [1.54, 1.807) is 6.20 Å². The Balaban J connectivity index is 1.79. The number of nitrogens with one attached hydrogen (secondary N) is 1. The zero-order chi connectivity index (χ0) is 14.1. The number of benzene rings is 1. The molecule has 0 bridgehead atoms. The number of rotatable bonds is 2. The van der Waals surface area contributed by atoms with Crippen LogP contribution in [-0.4, -0.2) is 17.5 Å². The largest absolute Gasteiger partial charge is 0.492 e. The second-order valence-electron chi connectivity index (χ2n) is 4.71. The van der Waals surface area contributed by atoms with E-state index in [-0.39, 0.29) is 11.8 Å². The second kappa shape index (κ2) is 5.25. The van der Waals surface area contributed by atoms with Gasteiger partial charge in [-0.2, -0.15) is 0 Å². The number of nitrogens with zero attached hydrogens (tertiary/aromatic N) is 1. The first kappa shape index (κ1) is 13.1. The number of ether oxygens (including phenoxy) is 1. The number of para-hydroxylation sites is 1. The summed E-state index contributed by atoms with van der Waals surface area (Å²) in [6.07, 6.45) is 1.68. The first-order chi connectivity index (χ1) is 9.65. The molecule has 0 spiro atoms. The van der Waals surface area contributed by atoms with Gasteiger partial charge in [-0.25, -0.2) is 4.98 Å². The molecular formula is C15H13BrN2O2. The van der Waals surface area contributed by atoms with Crippen molar-refractivity contribution < 1.29 is 9.53 Å². The Morgan fingerprint density at radius 1 is 1.45 bits per heavy atom. The zero-order valence-electron chi connectivity index (χ0n) is 10.9. The summed E-state index contributed by atoms with van der Waals surface area (Å²) in [6, 6.07) is 9.45. The third-order valence-electron chi connectivity index (χ3n) is 3.31. The van der Waals surface area contributed by atoms with Gasteiger partial charge >= 0.3 is 0 Å². The molecule has 4 nitrogen and oxygen atoms in total. The lowest BCUT2D eigenvalue weighted by molar-refractivity contribution is -0.117. The maximum atomic E-state index is 12.3. The molecule has 1 unspecified atom stereocenters. The van der Waals surface area contributed by atoms with Gasteiger partial charge in [-0.15, -0.1) is 0 Å². The first-order valence-corrected chi connectivity index (χ1v) is 7.09. The average molecular weight is 333 g/mol. The molecule has 2 heterocycles. The van der Waals surface area contributed by atoms with E-state index in [9.17, 15) is 4.79 Å². The molecule has 2 aromatic rings. The van der Waals surface area contributed by atoms with Crippen LogP contribution in [0.15, 0.2) is 41.0 Å². The quantitative estimate of drug-likeness (QED) is 0.918. The van der Waals surface area contributed by atoms with Crippen LogP contribution < -0.4 is 10.1 Å². The summed E-state index contributed by atoms with van der Waals surface area (Å²) < 4.78 is 6.45. The summed E-state index contributed by atoms with van der Waals surface area (Å²) in [5.41, 5.74) is 1.96. The number of hydrogen-bond acceptors (Lipinski definition) is 3. The molecule has 1 N–H and O–H groups in total. The smallest absolute Gasteiger partial charge is 0.236 e. The molecule has 1 amide bonds. The molecular weight excluding hydrogens is 320 g/mol. The van der Waals surface area contributed by atoms with Crippen molar-refractivity contribution in [2.24, 2.45) is 0 Å². The number of aromatic nitrogens is 1. The third kappa shape index (κ3) is 2.41. The molecule has 0 saturated heterocycles. The van der Waals surface area contributed by atoms with Gasteiger partial charge in [0.25, 0.3) is 0 Å². The summed E-state index contributed by atoms with van der Waals surface area (Å²) >= 11 is 3.39. The average Bonchev–Trinajstić information content (AvgIpc) is 2.87. The number of hydrogen-bond donors (Lipinski definition) is 1. The number of aryl methyl sites for hydroxylation is 1. The molecule has 1 aromatic heterocycles. The molecule has 1 aromatic carbocycles. The van der Waals surface area contributed by atoms with Gasteiger partial charge in [0.2, 0.25) is 5.91 Å². The fourth-order valence-electron chi connectivity index (χ4n) is 2.20. The van der Waals surface area contributed by atoms with Crippen molar-refractivity contribution in [2.75, 3.05) is 11.9 Å². The Morgan fingerprint density at radius 2 is 2.25 bits per heavy atom. The topological polar surface area (TPSA) is 51.2 Å². The number of carbonyl (C=O) groups excluding carboxylic acids is 1. The summed E-state index contributed by atoms with van der Waals surface area (Å²) in [6.45, 7) is 2.33. The van der Waals surface area contributed by atoms with Crippen LogP contribution in [0.4, 0.5) is 5.82 Å². The monoisotopic (exact) mass is 332 g/mol. The van der Waals surface area contributed by atoms with E-state index in [0.29, 0.717) is 12.4 Å². The highest BCUT2D eigenvalue weighted by Crippen LogP contribution is 2.34. The van der Waals surface area contributed by atoms with Gasteiger partial charge in [0, 0.05) is 16.2 Å². The number of pyridine rings is 1. The van der Waals surface area contributed by atoms with Crippen molar-refractivity contribution in [1.82, 2.24) is 4.98 Å². The highest BCUT2D eigenvalue weighted by Gasteiger charge is 2.30. The van der Waals surface area contributed by atoms with E-state index in [1.807, 2.05) is 37.3 Å². The minimum atomic E-state index is -0.281. The lowest BCUT2D eigenvalue weighted by Crippen LogP contribution is -2.22. The van der Waals surface area contributed by atoms with Gasteiger partial charge in [0.05, 0.1) is 0 Å². The maximum absolute atomic E-state index is 12.3. The summed E-state index contributed by atoms with van der Waals surface area (Å²) in [4.78, 5) is 16.5. The SMILES string of the molecule is Cc1cc(NC(=O)C2COc3ccccc32)ncc1Br. The molecule has 102 valence electrons. The van der Waals surface area contributed by atoms with E-state index in [1.165, 1.54) is 0 Å². The van der Waals surface area contributed by atoms with Crippen molar-refractivity contribution in [3.05, 3.63) is 52.1 Å². The van der Waals surface area contributed by atoms with Crippen molar-refractivity contribution in [2.45, 2.75) is 12.8 Å². The highest BCUT2D eigenvalue weighted by atomic mass is 79.9. The van der Waals surface area contributed by atoms with Crippen molar-refractivity contribution in [3.63, 3.8) is 0 Å². The molecule has 0 aliphatic carbocycles. The molecule has 0 radical (unpaired) electrons. The Hall–Kier alpha value is -1.88. The number of fused-ring (bicyclic) bond motifs is 1. The van der Waals surface area contributed by atoms with Crippen LogP contribution in [0.5, 0.6) is 5.75 Å². The fourth-order valence-corrected chi connectivity index (χ4v) is 2.42. The minimum absolute atomic E-state index is 0.0934. The second-order valence-corrected chi connectivity index (χ2v) is 5.56. The molecule has 3 rings (SSSR count). The number of amides is 1. The molecule has 1 aliphatic heterocycles. The van der Waals surface area contributed by atoms with Crippen molar-refractivity contribution in [1.29, 1.82) is 0 Å². The van der Waals surface area contributed by atoms with E-state index in [0.717, 1.165) is 21.3 Å². The molecule has 20 heavy (non-hydrogen) atoms. The van der Waals surface area contributed by atoms with Crippen LogP contribution in [0.1, 0.15) is 17.0 Å². The molecule has 1 atom stereocenters. The molecule has 5 heteroatoms. The van der Waals surface area contributed by atoms with Gasteiger partial charge < -0.3 is 10.1 Å². The zero-order valence-corrected chi connectivity index (χ0v) is 12.5. The van der Waals surface area contributed by atoms with E-state index < -0.39 is 0 Å². The van der Waals surface area contributed by atoms with E-state index >= 15 is 0 Å². The number of anilines is 1.